The molecule has 3 aromatic carbocycles. The van der Waals surface area contributed by atoms with Gasteiger partial charge in [0.15, 0.2) is 0 Å². The van der Waals surface area contributed by atoms with Gasteiger partial charge in [-0.3, -0.25) is 9.59 Å². The van der Waals surface area contributed by atoms with Gasteiger partial charge in [-0.15, -0.1) is 11.3 Å². The second-order valence-electron chi connectivity index (χ2n) is 11.9. The van der Waals surface area contributed by atoms with Crippen molar-refractivity contribution in [3.8, 4) is 11.1 Å². The molecule has 1 fully saturated rings. The second-order valence-corrected chi connectivity index (χ2v) is 12.9. The van der Waals surface area contributed by atoms with E-state index in [1.165, 1.54) is 23.3 Å². The monoisotopic (exact) mass is 693 g/mol. The highest BCUT2D eigenvalue weighted by atomic mass is 32.1. The number of nitrogens with zero attached hydrogens (tertiary/aromatic N) is 2. The van der Waals surface area contributed by atoms with E-state index in [-0.39, 0.29) is 11.8 Å². The zero-order chi connectivity index (χ0) is 35.1. The average Bonchev–Trinajstić information content (AvgIpc) is 3.82. The van der Waals surface area contributed by atoms with Crippen molar-refractivity contribution in [2.45, 2.75) is 51.2 Å². The van der Waals surface area contributed by atoms with Crippen molar-refractivity contribution >= 4 is 29.1 Å². The molecule has 0 radical (unpaired) electrons. The molecule has 1 aromatic heterocycles. The lowest BCUT2D eigenvalue weighted by molar-refractivity contribution is -0.192. The zero-order valence-electron chi connectivity index (χ0n) is 27.3. The minimum atomic E-state index is -5.08. The van der Waals surface area contributed by atoms with Gasteiger partial charge in [-0.1, -0.05) is 66.7 Å². The quantitative estimate of drug-likeness (QED) is 0.143. The molecule has 0 spiro atoms. The molecule has 0 atom stereocenters. The lowest BCUT2D eigenvalue weighted by atomic mass is 10.0. The van der Waals surface area contributed by atoms with Crippen LogP contribution in [0.2, 0.25) is 0 Å². The molecule has 0 unspecified atom stereocenters. The number of halogens is 3. The van der Waals surface area contributed by atoms with Crippen molar-refractivity contribution in [2.24, 2.45) is 0 Å². The first-order valence-electron chi connectivity index (χ1n) is 16.4. The summed E-state index contributed by atoms with van der Waals surface area (Å²) in [6.45, 7) is 5.10. The normalized spacial score (nSPS) is 13.0. The van der Waals surface area contributed by atoms with Crippen LogP contribution in [-0.2, 0) is 29.0 Å². The first kappa shape index (κ1) is 37.3. The number of hydrogen-bond donors (Lipinski definition) is 2. The van der Waals surface area contributed by atoms with Gasteiger partial charge in [0.1, 0.15) is 0 Å². The summed E-state index contributed by atoms with van der Waals surface area (Å²) in [6, 6.07) is 30.8. The van der Waals surface area contributed by atoms with Crippen molar-refractivity contribution in [3.63, 3.8) is 0 Å². The maximum atomic E-state index is 13.4. The fourth-order valence-electron chi connectivity index (χ4n) is 5.58. The third-order valence-corrected chi connectivity index (χ3v) is 9.11. The van der Waals surface area contributed by atoms with Gasteiger partial charge in [0.05, 0.1) is 0 Å². The lowest BCUT2D eigenvalue weighted by Gasteiger charge is -2.23. The number of hydrogen-bond acceptors (Lipinski definition) is 5. The van der Waals surface area contributed by atoms with E-state index in [2.05, 4.69) is 70.2 Å². The summed E-state index contributed by atoms with van der Waals surface area (Å²) in [6.07, 6.45) is 0.562. The van der Waals surface area contributed by atoms with E-state index in [1.54, 1.807) is 11.3 Å². The van der Waals surface area contributed by atoms with Crippen LogP contribution >= 0.6 is 11.3 Å². The number of carbonyl (C=O) groups is 3. The molecule has 0 aliphatic carbocycles. The molecule has 1 saturated heterocycles. The van der Waals surface area contributed by atoms with E-state index in [4.69, 9.17) is 9.90 Å². The Bertz CT molecular complexity index is 1620. The van der Waals surface area contributed by atoms with Gasteiger partial charge in [0.25, 0.3) is 5.91 Å². The fourth-order valence-corrected chi connectivity index (χ4v) is 6.28. The van der Waals surface area contributed by atoms with E-state index in [0.29, 0.717) is 31.6 Å². The number of aliphatic carboxylic acids is 1. The second kappa shape index (κ2) is 18.9. The van der Waals surface area contributed by atoms with Crippen LogP contribution < -0.4 is 5.32 Å². The number of thiophene rings is 1. The first-order valence-corrected chi connectivity index (χ1v) is 17.3. The molecule has 7 nitrogen and oxygen atoms in total. The largest absolute Gasteiger partial charge is 0.490 e. The minimum absolute atomic E-state index is 0.0342. The van der Waals surface area contributed by atoms with Gasteiger partial charge in [0.2, 0.25) is 5.91 Å². The Labute approximate surface area is 289 Å². The number of alkyl halides is 3. The molecule has 2 heterocycles. The molecule has 11 heteroatoms. The Balaban J connectivity index is 0.000000698. The number of amides is 2. The Hall–Kier alpha value is -4.48. The topological polar surface area (TPSA) is 90.0 Å². The first-order chi connectivity index (χ1) is 23.6. The van der Waals surface area contributed by atoms with E-state index in [0.717, 1.165) is 55.6 Å². The average molecular weight is 694 g/mol. The van der Waals surface area contributed by atoms with E-state index in [1.807, 2.05) is 41.3 Å². The minimum Gasteiger partial charge on any atom is -0.475 e. The van der Waals surface area contributed by atoms with Crippen molar-refractivity contribution in [2.75, 3.05) is 32.7 Å². The molecule has 0 bridgehead atoms. The van der Waals surface area contributed by atoms with Crippen LogP contribution in [0.4, 0.5) is 13.2 Å². The molecule has 1 aliphatic heterocycles. The molecule has 260 valence electrons. The number of carboxylic acids is 1. The van der Waals surface area contributed by atoms with Crippen LogP contribution in [0.5, 0.6) is 0 Å². The number of rotatable bonds is 14. The number of aryl methyl sites for hydroxylation is 1. The Morgan fingerprint density at radius 1 is 0.837 bits per heavy atom. The lowest BCUT2D eigenvalue weighted by Crippen LogP contribution is -2.33. The number of nitrogens with one attached hydrogen (secondary N) is 1. The molecule has 1 aliphatic rings. The highest BCUT2D eigenvalue weighted by Gasteiger charge is 2.38. The van der Waals surface area contributed by atoms with Gasteiger partial charge in [-0.05, 0) is 97.1 Å². The molecule has 5 rings (SSSR count). The van der Waals surface area contributed by atoms with Crippen LogP contribution in [0.25, 0.3) is 11.1 Å². The zero-order valence-corrected chi connectivity index (χ0v) is 28.1. The smallest absolute Gasteiger partial charge is 0.475 e. The molecule has 4 aromatic rings. The van der Waals surface area contributed by atoms with Crippen molar-refractivity contribution < 1.29 is 32.7 Å². The van der Waals surface area contributed by atoms with Crippen LogP contribution in [0.3, 0.4) is 0 Å². The summed E-state index contributed by atoms with van der Waals surface area (Å²) < 4.78 is 31.7. The van der Waals surface area contributed by atoms with Crippen LogP contribution in [-0.4, -0.2) is 71.6 Å². The number of carbonyl (C=O) groups excluding carboxylic acids is 2. The highest BCUT2D eigenvalue weighted by Crippen LogP contribution is 2.23. The summed E-state index contributed by atoms with van der Waals surface area (Å²) in [4.78, 5) is 40.9. The van der Waals surface area contributed by atoms with E-state index in [9.17, 15) is 22.8 Å². The molecular weight excluding hydrogens is 651 g/mol. The number of likely N-dealkylation sites (tertiary alicyclic amines) is 1. The Morgan fingerprint density at radius 3 is 2.18 bits per heavy atom. The molecular formula is C38H42F3N3O4S. The van der Waals surface area contributed by atoms with Crippen LogP contribution in [0, 0.1) is 0 Å². The predicted octanol–water partition coefficient (Wildman–Crippen LogP) is 7.47. The predicted molar refractivity (Wildman–Crippen MR) is 186 cm³/mol. The van der Waals surface area contributed by atoms with Crippen molar-refractivity contribution in [1.82, 2.24) is 15.1 Å². The van der Waals surface area contributed by atoms with Gasteiger partial charge in [0, 0.05) is 43.0 Å². The third kappa shape index (κ3) is 12.8. The van der Waals surface area contributed by atoms with Crippen molar-refractivity contribution in [1.29, 1.82) is 0 Å². The van der Waals surface area contributed by atoms with E-state index >= 15 is 0 Å². The van der Waals surface area contributed by atoms with Crippen LogP contribution in [0.1, 0.15) is 52.0 Å². The third-order valence-electron chi connectivity index (χ3n) is 8.17. The van der Waals surface area contributed by atoms with Gasteiger partial charge in [-0.2, -0.15) is 13.2 Å². The fraction of sp³-hybridized carbons (Fsp3) is 0.342. The SMILES string of the molecule is O=C(NCCN1CCCC1)c1cccc(-c2cccc(CN(CCc3cccs3)C(=O)CCCc3ccccc3)c2)c1.O=C(O)C(F)(F)F. The van der Waals surface area contributed by atoms with Gasteiger partial charge < -0.3 is 20.2 Å². The van der Waals surface area contributed by atoms with E-state index < -0.39 is 12.1 Å². The molecule has 2 amide bonds. The maximum absolute atomic E-state index is 13.4. The number of benzene rings is 3. The highest BCUT2D eigenvalue weighted by molar-refractivity contribution is 7.09. The standard InChI is InChI=1S/C36H41N3O2S.C2HF3O2/c40-35(18-7-12-29-10-2-1-3-11-29)39(23-19-34-17-9-25-42-34)28-30-13-6-14-31(26-30)32-15-8-16-33(27-32)36(41)37-20-24-38-21-4-5-22-38;3-2(4,5)1(6)7/h1-3,6,8-11,13-17,25-27H,4-5,7,12,18-24,28H2,(H,37,41);(H,6,7). The summed E-state index contributed by atoms with van der Waals surface area (Å²) in [5.74, 6) is -2.60. The summed E-state index contributed by atoms with van der Waals surface area (Å²) >= 11 is 1.74. The van der Waals surface area contributed by atoms with Crippen molar-refractivity contribution in [3.05, 3.63) is 118 Å². The van der Waals surface area contributed by atoms with Crippen LogP contribution in [0.15, 0.2) is 96.4 Å². The molecule has 2 N–H and O–H groups in total. The number of carboxylic acid groups (broad SMARTS) is 1. The molecule has 0 saturated carbocycles. The Kier molecular flexibility index (Phi) is 14.4. The molecule has 49 heavy (non-hydrogen) atoms. The summed E-state index contributed by atoms with van der Waals surface area (Å²) in [7, 11) is 0. The Morgan fingerprint density at radius 2 is 1.51 bits per heavy atom. The maximum Gasteiger partial charge on any atom is 0.490 e. The summed E-state index contributed by atoms with van der Waals surface area (Å²) in [5.41, 5.74) is 5.09. The van der Waals surface area contributed by atoms with Gasteiger partial charge >= 0.3 is 12.1 Å². The van der Waals surface area contributed by atoms with Gasteiger partial charge in [-0.25, -0.2) is 4.79 Å². The summed E-state index contributed by atoms with van der Waals surface area (Å²) in [5, 5.41) is 12.3.